The summed E-state index contributed by atoms with van der Waals surface area (Å²) in [6, 6.07) is 2.47. The lowest BCUT2D eigenvalue weighted by atomic mass is 10.1. The number of carbonyl (C=O) groups excluding carboxylic acids is 1. The Morgan fingerprint density at radius 3 is 2.78 bits per heavy atom. The first kappa shape index (κ1) is 17.4. The Bertz CT molecular complexity index is 590. The van der Waals surface area contributed by atoms with Crippen molar-refractivity contribution in [3.8, 4) is 11.5 Å². The van der Waals surface area contributed by atoms with E-state index in [1.807, 2.05) is 6.92 Å². The van der Waals surface area contributed by atoms with Gasteiger partial charge in [0.05, 0.1) is 11.4 Å². The third kappa shape index (κ3) is 4.76. The predicted molar refractivity (Wildman–Crippen MR) is 85.2 cm³/mol. The van der Waals surface area contributed by atoms with E-state index < -0.39 is 12.0 Å². The normalized spacial score (nSPS) is 14.2. The van der Waals surface area contributed by atoms with Gasteiger partial charge in [-0.3, -0.25) is 4.79 Å². The number of ether oxygens (including phenoxy) is 2. The molecule has 0 fully saturated rings. The number of hydrogen-bond acceptors (Lipinski definition) is 4. The van der Waals surface area contributed by atoms with E-state index in [1.165, 1.54) is 0 Å². The van der Waals surface area contributed by atoms with Gasteiger partial charge in [0.25, 0.3) is 0 Å². The fourth-order valence-corrected chi connectivity index (χ4v) is 2.65. The number of benzene rings is 1. The van der Waals surface area contributed by atoms with Gasteiger partial charge in [-0.05, 0) is 24.1 Å². The van der Waals surface area contributed by atoms with Crippen LogP contribution < -0.4 is 14.8 Å². The van der Waals surface area contributed by atoms with Crippen LogP contribution in [-0.2, 0) is 16.0 Å². The first-order valence-corrected chi connectivity index (χ1v) is 7.99. The third-order valence-electron chi connectivity index (χ3n) is 3.50. The largest absolute Gasteiger partial charge is 0.486 e. The van der Waals surface area contributed by atoms with Crippen LogP contribution in [0.25, 0.3) is 0 Å². The topological polar surface area (TPSA) is 84.9 Å². The SMILES string of the molecule is CCCC[C@H](NC(=O)Cc1cc(Cl)c2c(c1)OCCO2)C(=O)O. The van der Waals surface area contributed by atoms with Gasteiger partial charge >= 0.3 is 5.97 Å². The van der Waals surface area contributed by atoms with Crippen LogP contribution in [0.4, 0.5) is 0 Å². The number of rotatable bonds is 7. The van der Waals surface area contributed by atoms with Gasteiger partial charge in [-0.1, -0.05) is 31.4 Å². The van der Waals surface area contributed by atoms with E-state index >= 15 is 0 Å². The lowest BCUT2D eigenvalue weighted by Crippen LogP contribution is -2.41. The Labute approximate surface area is 139 Å². The number of hydrogen-bond donors (Lipinski definition) is 2. The van der Waals surface area contributed by atoms with E-state index in [0.717, 1.165) is 12.8 Å². The number of carboxylic acid groups (broad SMARTS) is 1. The highest BCUT2D eigenvalue weighted by molar-refractivity contribution is 6.32. The van der Waals surface area contributed by atoms with Crippen LogP contribution in [0.2, 0.25) is 5.02 Å². The smallest absolute Gasteiger partial charge is 0.326 e. The zero-order chi connectivity index (χ0) is 16.8. The summed E-state index contributed by atoms with van der Waals surface area (Å²) in [5.74, 6) is -0.394. The molecule has 0 aromatic heterocycles. The molecule has 2 rings (SSSR count). The molecule has 6 nitrogen and oxygen atoms in total. The van der Waals surface area contributed by atoms with Crippen LogP contribution in [0.1, 0.15) is 31.7 Å². The fraction of sp³-hybridized carbons (Fsp3) is 0.500. The maximum absolute atomic E-state index is 12.1. The molecule has 0 unspecified atom stereocenters. The molecule has 1 aromatic rings. The lowest BCUT2D eigenvalue weighted by Gasteiger charge is -2.20. The predicted octanol–water partition coefficient (Wildman–Crippen LogP) is 2.41. The summed E-state index contributed by atoms with van der Waals surface area (Å²) in [5, 5.41) is 12.1. The van der Waals surface area contributed by atoms with Gasteiger partial charge in [0.15, 0.2) is 11.5 Å². The number of halogens is 1. The highest BCUT2D eigenvalue weighted by Crippen LogP contribution is 2.38. The van der Waals surface area contributed by atoms with Gasteiger partial charge in [-0.2, -0.15) is 0 Å². The maximum Gasteiger partial charge on any atom is 0.326 e. The average Bonchev–Trinajstić information content (AvgIpc) is 2.51. The van der Waals surface area contributed by atoms with Crippen LogP contribution in [0.15, 0.2) is 12.1 Å². The Morgan fingerprint density at radius 1 is 1.35 bits per heavy atom. The number of nitrogens with one attached hydrogen (secondary N) is 1. The summed E-state index contributed by atoms with van der Waals surface area (Å²) in [5.41, 5.74) is 0.649. The van der Waals surface area contributed by atoms with Gasteiger partial charge < -0.3 is 19.9 Å². The molecule has 1 aliphatic rings. The van der Waals surface area contributed by atoms with E-state index in [2.05, 4.69) is 5.32 Å². The molecular formula is C16H20ClNO5. The van der Waals surface area contributed by atoms with Gasteiger partial charge in [0, 0.05) is 0 Å². The molecule has 23 heavy (non-hydrogen) atoms. The number of carboxylic acids is 1. The maximum atomic E-state index is 12.1. The minimum atomic E-state index is -1.02. The summed E-state index contributed by atoms with van der Waals surface area (Å²) >= 11 is 6.12. The van der Waals surface area contributed by atoms with Crippen LogP contribution >= 0.6 is 11.6 Å². The van der Waals surface area contributed by atoms with Crippen LogP contribution in [0.3, 0.4) is 0 Å². The molecule has 1 aliphatic heterocycles. The second-order valence-corrected chi connectivity index (χ2v) is 5.79. The minimum absolute atomic E-state index is 0.0340. The van der Waals surface area contributed by atoms with Gasteiger partial charge in [0.2, 0.25) is 5.91 Å². The molecule has 0 aliphatic carbocycles. The number of fused-ring (bicyclic) bond motifs is 1. The molecule has 0 saturated carbocycles. The molecule has 2 N–H and O–H groups in total. The van der Waals surface area contributed by atoms with Crippen molar-refractivity contribution in [2.45, 2.75) is 38.6 Å². The van der Waals surface area contributed by atoms with Crippen molar-refractivity contribution in [2.24, 2.45) is 0 Å². The molecule has 1 atom stereocenters. The van der Waals surface area contributed by atoms with Gasteiger partial charge in [-0.15, -0.1) is 0 Å². The van der Waals surface area contributed by atoms with E-state index in [1.54, 1.807) is 12.1 Å². The van der Waals surface area contributed by atoms with Crippen LogP contribution in [-0.4, -0.2) is 36.2 Å². The van der Waals surface area contributed by atoms with Crippen molar-refractivity contribution >= 4 is 23.5 Å². The summed E-state index contributed by atoms with van der Waals surface area (Å²) in [6.45, 7) is 2.83. The first-order chi connectivity index (χ1) is 11.0. The van der Waals surface area contributed by atoms with Crippen LogP contribution in [0.5, 0.6) is 11.5 Å². The first-order valence-electron chi connectivity index (χ1n) is 7.61. The standard InChI is InChI=1S/C16H20ClNO5/c1-2-3-4-12(16(20)21)18-14(19)9-10-7-11(17)15-13(8-10)22-5-6-23-15/h7-8,12H,2-6,9H2,1H3,(H,18,19)(H,20,21)/t12-/m0/s1. The van der Waals surface area contributed by atoms with Crippen molar-refractivity contribution in [3.05, 3.63) is 22.7 Å². The van der Waals surface area contributed by atoms with Crippen molar-refractivity contribution in [2.75, 3.05) is 13.2 Å². The van der Waals surface area contributed by atoms with Crippen LogP contribution in [0, 0.1) is 0 Å². The van der Waals surface area contributed by atoms with Crippen molar-refractivity contribution in [3.63, 3.8) is 0 Å². The van der Waals surface area contributed by atoms with Gasteiger partial charge in [-0.25, -0.2) is 4.79 Å². The fourth-order valence-electron chi connectivity index (χ4n) is 2.36. The number of unbranched alkanes of at least 4 members (excludes halogenated alkanes) is 1. The molecule has 7 heteroatoms. The van der Waals surface area contributed by atoms with Gasteiger partial charge in [0.1, 0.15) is 19.3 Å². The molecule has 0 bridgehead atoms. The Hall–Kier alpha value is -1.95. The molecule has 0 spiro atoms. The van der Waals surface area contributed by atoms with Crippen molar-refractivity contribution in [1.82, 2.24) is 5.32 Å². The monoisotopic (exact) mass is 341 g/mol. The van der Waals surface area contributed by atoms with Crippen molar-refractivity contribution in [1.29, 1.82) is 0 Å². The quantitative estimate of drug-likeness (QED) is 0.795. The average molecular weight is 342 g/mol. The van der Waals surface area contributed by atoms with E-state index in [0.29, 0.717) is 41.7 Å². The highest BCUT2D eigenvalue weighted by Gasteiger charge is 2.21. The summed E-state index contributed by atoms with van der Waals surface area (Å²) in [7, 11) is 0. The van der Waals surface area contributed by atoms with Crippen molar-refractivity contribution < 1.29 is 24.2 Å². The van der Waals surface area contributed by atoms with E-state index in [-0.39, 0.29) is 12.3 Å². The Kier molecular flexibility index (Phi) is 6.10. The second kappa shape index (κ2) is 8.06. The minimum Gasteiger partial charge on any atom is -0.486 e. The summed E-state index contributed by atoms with van der Waals surface area (Å²) in [6.07, 6.45) is 2.07. The molecule has 1 amide bonds. The molecule has 0 radical (unpaired) electrons. The summed E-state index contributed by atoms with van der Waals surface area (Å²) in [4.78, 5) is 23.2. The Morgan fingerprint density at radius 2 is 2.09 bits per heavy atom. The number of aliphatic carboxylic acids is 1. The number of amides is 1. The highest BCUT2D eigenvalue weighted by atomic mass is 35.5. The molecule has 126 valence electrons. The van der Waals surface area contributed by atoms with E-state index in [9.17, 15) is 9.59 Å². The molecule has 1 aromatic carbocycles. The lowest BCUT2D eigenvalue weighted by molar-refractivity contribution is -0.142. The zero-order valence-corrected chi connectivity index (χ0v) is 13.7. The summed E-state index contributed by atoms with van der Waals surface area (Å²) < 4.78 is 10.9. The zero-order valence-electron chi connectivity index (χ0n) is 12.9. The second-order valence-electron chi connectivity index (χ2n) is 5.38. The molecule has 0 saturated heterocycles. The molecule has 1 heterocycles. The molecular weight excluding hydrogens is 322 g/mol. The third-order valence-corrected chi connectivity index (χ3v) is 3.78. The Balaban J connectivity index is 2.02. The van der Waals surface area contributed by atoms with E-state index in [4.69, 9.17) is 26.2 Å². The number of carbonyl (C=O) groups is 2.